The van der Waals surface area contributed by atoms with Gasteiger partial charge < -0.3 is 0 Å². The molecule has 0 aliphatic rings. The molecule has 0 aliphatic carbocycles. The molecule has 0 spiro atoms. The number of hydrogen-bond donors (Lipinski definition) is 0. The van der Waals surface area contributed by atoms with Crippen LogP contribution >= 0.6 is 0 Å². The zero-order valence-electron chi connectivity index (χ0n) is 11.0. The summed E-state index contributed by atoms with van der Waals surface area (Å²) >= 11 is 0. The maximum atomic E-state index is 13.8. The van der Waals surface area contributed by atoms with Gasteiger partial charge in [0, 0.05) is 0 Å². The summed E-state index contributed by atoms with van der Waals surface area (Å²) in [6.07, 6.45) is 0. The Labute approximate surface area is 121 Å². The lowest BCUT2D eigenvalue weighted by Gasteiger charge is -2.09. The van der Waals surface area contributed by atoms with Gasteiger partial charge in [0.15, 0.2) is 11.6 Å². The Balaban J connectivity index is 2.58. The lowest BCUT2D eigenvalue weighted by molar-refractivity contribution is 0.498. The van der Waals surface area contributed by atoms with Gasteiger partial charge >= 0.3 is 5.37 Å². The molecule has 2 aromatic carbocycles. The summed E-state index contributed by atoms with van der Waals surface area (Å²) in [6, 6.07) is 9.01. The van der Waals surface area contributed by atoms with Gasteiger partial charge in [-0.3, -0.25) is 4.85 Å². The average Bonchev–Trinajstić information content (AvgIpc) is 2.44. The summed E-state index contributed by atoms with van der Waals surface area (Å²) in [5.74, 6) is -2.49. The van der Waals surface area contributed by atoms with Crippen molar-refractivity contribution in [2.24, 2.45) is 0 Å². The van der Waals surface area contributed by atoms with Crippen LogP contribution in [0.4, 0.5) is 8.78 Å². The molecule has 0 fully saturated rings. The van der Waals surface area contributed by atoms with Crippen molar-refractivity contribution < 1.29 is 17.2 Å². The zero-order valence-corrected chi connectivity index (χ0v) is 11.9. The zero-order chi connectivity index (χ0) is 15.6. The van der Waals surface area contributed by atoms with Crippen LogP contribution in [0, 0.1) is 25.1 Å². The van der Waals surface area contributed by atoms with E-state index in [1.165, 1.54) is 18.2 Å². The predicted octanol–water partition coefficient (Wildman–Crippen LogP) is 3.67. The van der Waals surface area contributed by atoms with Crippen LogP contribution in [0.1, 0.15) is 16.5 Å². The van der Waals surface area contributed by atoms with E-state index in [0.29, 0.717) is 0 Å². The van der Waals surface area contributed by atoms with E-state index >= 15 is 0 Å². The number of benzene rings is 2. The quantitative estimate of drug-likeness (QED) is 0.812. The molecule has 0 unspecified atom stereocenters. The van der Waals surface area contributed by atoms with Crippen molar-refractivity contribution >= 4 is 9.84 Å². The molecule has 0 amide bonds. The van der Waals surface area contributed by atoms with E-state index in [9.17, 15) is 17.2 Å². The van der Waals surface area contributed by atoms with Crippen molar-refractivity contribution in [3.05, 3.63) is 76.6 Å². The van der Waals surface area contributed by atoms with Gasteiger partial charge in [-0.1, -0.05) is 23.8 Å². The van der Waals surface area contributed by atoms with Crippen LogP contribution in [-0.2, 0) is 9.84 Å². The molecule has 6 heteroatoms. The third kappa shape index (κ3) is 2.78. The van der Waals surface area contributed by atoms with Gasteiger partial charge in [0.1, 0.15) is 0 Å². The van der Waals surface area contributed by atoms with Crippen molar-refractivity contribution in [2.45, 2.75) is 17.2 Å². The van der Waals surface area contributed by atoms with Gasteiger partial charge in [-0.25, -0.2) is 23.8 Å². The highest BCUT2D eigenvalue weighted by Crippen LogP contribution is 2.32. The average molecular weight is 307 g/mol. The predicted molar refractivity (Wildman–Crippen MR) is 74.1 cm³/mol. The first-order valence-electron chi connectivity index (χ1n) is 5.99. The summed E-state index contributed by atoms with van der Waals surface area (Å²) in [6.45, 7) is 8.86. The highest BCUT2D eigenvalue weighted by Gasteiger charge is 2.37. The molecule has 0 aliphatic heterocycles. The fourth-order valence-corrected chi connectivity index (χ4v) is 3.30. The topological polar surface area (TPSA) is 38.5 Å². The summed E-state index contributed by atoms with van der Waals surface area (Å²) in [5.41, 5.74) is 0.371. The Morgan fingerprint density at radius 3 is 2.29 bits per heavy atom. The highest BCUT2D eigenvalue weighted by molar-refractivity contribution is 7.91. The second-order valence-electron chi connectivity index (χ2n) is 4.48. The maximum Gasteiger partial charge on any atom is 0.353 e. The van der Waals surface area contributed by atoms with Crippen LogP contribution < -0.4 is 0 Å². The van der Waals surface area contributed by atoms with E-state index in [1.54, 1.807) is 19.1 Å². The van der Waals surface area contributed by atoms with Gasteiger partial charge in [-0.15, -0.1) is 0 Å². The number of aryl methyl sites for hydroxylation is 1. The number of sulfone groups is 1. The molecule has 108 valence electrons. The second kappa shape index (κ2) is 5.62. The van der Waals surface area contributed by atoms with Gasteiger partial charge in [0.05, 0.1) is 10.5 Å². The molecule has 0 N–H and O–H groups in total. The Kier molecular flexibility index (Phi) is 4.05. The summed E-state index contributed by atoms with van der Waals surface area (Å²) in [4.78, 5) is 2.89. The molecule has 2 aromatic rings. The highest BCUT2D eigenvalue weighted by atomic mass is 32.2. The molecular weight excluding hydrogens is 296 g/mol. The van der Waals surface area contributed by atoms with Gasteiger partial charge in [0.25, 0.3) is 9.84 Å². The molecule has 0 aromatic heterocycles. The van der Waals surface area contributed by atoms with Gasteiger partial charge in [0.2, 0.25) is 0 Å². The fourth-order valence-electron chi connectivity index (χ4n) is 1.87. The lowest BCUT2D eigenvalue weighted by Crippen LogP contribution is -2.13. The number of halogens is 2. The Morgan fingerprint density at radius 2 is 1.71 bits per heavy atom. The van der Waals surface area contributed by atoms with E-state index in [4.69, 9.17) is 6.57 Å². The van der Waals surface area contributed by atoms with E-state index in [2.05, 4.69) is 4.85 Å². The normalized spacial score (nSPS) is 12.7. The third-order valence-electron chi connectivity index (χ3n) is 3.01. The second-order valence-corrected chi connectivity index (χ2v) is 6.49. The third-order valence-corrected chi connectivity index (χ3v) is 4.88. The molecule has 0 saturated carbocycles. The van der Waals surface area contributed by atoms with Gasteiger partial charge in [-0.05, 0) is 31.2 Å². The van der Waals surface area contributed by atoms with Crippen LogP contribution in [0.5, 0.6) is 0 Å². The molecular formula is C15H11F2NO2S. The minimum absolute atomic E-state index is 0.0993. The monoisotopic (exact) mass is 307 g/mol. The standard InChI is InChI=1S/C15H11F2NO2S/c1-10-6-8-11(9-7-10)21(19,20)15(18-2)12-4-3-5-13(16)14(12)17/h3-9,15H,1H3/t15-/m0/s1. The fraction of sp³-hybridized carbons (Fsp3) is 0.133. The van der Waals surface area contributed by atoms with Crippen LogP contribution in [0.15, 0.2) is 47.4 Å². The Hall–Kier alpha value is -2.26. The first-order valence-corrected chi connectivity index (χ1v) is 7.53. The molecule has 2 rings (SSSR count). The maximum absolute atomic E-state index is 13.8. The van der Waals surface area contributed by atoms with Crippen molar-refractivity contribution in [1.29, 1.82) is 0 Å². The van der Waals surface area contributed by atoms with Crippen LogP contribution in [0.2, 0.25) is 0 Å². The smallest absolute Gasteiger partial charge is 0.291 e. The van der Waals surface area contributed by atoms with Crippen molar-refractivity contribution in [3.8, 4) is 0 Å². The minimum Gasteiger partial charge on any atom is -0.291 e. The van der Waals surface area contributed by atoms with E-state index in [-0.39, 0.29) is 4.90 Å². The Bertz CT molecular complexity index is 809. The largest absolute Gasteiger partial charge is 0.353 e. The van der Waals surface area contributed by atoms with Crippen LogP contribution in [0.3, 0.4) is 0 Å². The molecule has 3 nitrogen and oxygen atoms in total. The van der Waals surface area contributed by atoms with Crippen molar-refractivity contribution in [1.82, 2.24) is 0 Å². The van der Waals surface area contributed by atoms with Gasteiger partial charge in [-0.2, -0.15) is 0 Å². The summed E-state index contributed by atoms with van der Waals surface area (Å²) in [7, 11) is -4.12. The summed E-state index contributed by atoms with van der Waals surface area (Å²) in [5, 5.41) is -1.81. The van der Waals surface area contributed by atoms with Crippen LogP contribution in [-0.4, -0.2) is 8.42 Å². The van der Waals surface area contributed by atoms with Crippen LogP contribution in [0.25, 0.3) is 4.85 Å². The molecule has 0 heterocycles. The molecule has 0 radical (unpaired) electrons. The molecule has 0 bridgehead atoms. The number of rotatable bonds is 3. The number of nitrogens with zero attached hydrogens (tertiary/aromatic N) is 1. The molecule has 0 saturated heterocycles. The van der Waals surface area contributed by atoms with Crippen molar-refractivity contribution in [3.63, 3.8) is 0 Å². The first kappa shape index (κ1) is 15.1. The Morgan fingerprint density at radius 1 is 1.10 bits per heavy atom. The van der Waals surface area contributed by atoms with E-state index < -0.39 is 32.4 Å². The minimum atomic E-state index is -4.12. The van der Waals surface area contributed by atoms with E-state index in [0.717, 1.165) is 17.7 Å². The SMILES string of the molecule is [C-]#[N+][C@H](c1cccc(F)c1F)S(=O)(=O)c1ccc(C)cc1. The first-order chi connectivity index (χ1) is 9.87. The van der Waals surface area contributed by atoms with E-state index in [1.807, 2.05) is 0 Å². The molecule has 1 atom stereocenters. The lowest BCUT2D eigenvalue weighted by atomic mass is 10.2. The summed E-state index contributed by atoms with van der Waals surface area (Å²) < 4.78 is 51.9. The molecule has 21 heavy (non-hydrogen) atoms. The number of hydrogen-bond acceptors (Lipinski definition) is 2. The van der Waals surface area contributed by atoms with Crippen molar-refractivity contribution in [2.75, 3.05) is 0 Å².